The van der Waals surface area contributed by atoms with Crippen molar-refractivity contribution in [3.63, 3.8) is 0 Å². The van der Waals surface area contributed by atoms with Crippen LogP contribution < -0.4 is 9.47 Å². The van der Waals surface area contributed by atoms with E-state index in [1.165, 1.54) is 0 Å². The Kier molecular flexibility index (Phi) is 5.09. The van der Waals surface area contributed by atoms with Crippen LogP contribution in [0.15, 0.2) is 22.4 Å². The van der Waals surface area contributed by atoms with Crippen molar-refractivity contribution in [1.82, 2.24) is 4.37 Å². The number of aromatic nitrogens is 1. The van der Waals surface area contributed by atoms with Crippen LogP contribution >= 0.6 is 11.5 Å². The molecule has 0 aliphatic rings. The van der Waals surface area contributed by atoms with Crippen LogP contribution in [0.3, 0.4) is 0 Å². The summed E-state index contributed by atoms with van der Waals surface area (Å²) in [6, 6.07) is 2.57. The molecule has 0 spiro atoms. The van der Waals surface area contributed by atoms with Crippen LogP contribution in [-0.4, -0.2) is 25.7 Å². The molecule has 0 N–H and O–H groups in total. The van der Waals surface area contributed by atoms with E-state index in [2.05, 4.69) is 9.11 Å². The van der Waals surface area contributed by atoms with E-state index < -0.39 is 46.0 Å². The fraction of sp³-hybridized carbons (Fsp3) is 0.250. The summed E-state index contributed by atoms with van der Waals surface area (Å²) in [4.78, 5) is 0. The highest BCUT2D eigenvalue weighted by Crippen LogP contribution is 2.27. The van der Waals surface area contributed by atoms with Crippen LogP contribution in [-0.2, 0) is 16.4 Å². The molecule has 126 valence electrons. The van der Waals surface area contributed by atoms with Gasteiger partial charge in [0.25, 0.3) is 0 Å². The van der Waals surface area contributed by atoms with Crippen molar-refractivity contribution in [2.75, 3.05) is 6.26 Å². The lowest BCUT2D eigenvalue weighted by Crippen LogP contribution is -2.08. The third kappa shape index (κ3) is 4.32. The standard InChI is InChI=1S/C12H9F4NO4S2/c1-23(18,19)10-4-9(17-22-10)20-5-6-7(13)2-3-8(11(6)14)21-12(15)16/h2-4,12H,5H2,1H3. The molecule has 23 heavy (non-hydrogen) atoms. The minimum Gasteiger partial charge on any atom is -0.472 e. The molecular formula is C12H9F4NO4S2. The molecule has 0 unspecified atom stereocenters. The van der Waals surface area contributed by atoms with Crippen molar-refractivity contribution in [2.24, 2.45) is 0 Å². The van der Waals surface area contributed by atoms with Crippen LogP contribution in [0.25, 0.3) is 0 Å². The summed E-state index contributed by atoms with van der Waals surface area (Å²) in [5.74, 6) is -3.34. The van der Waals surface area contributed by atoms with Crippen molar-refractivity contribution >= 4 is 21.4 Å². The predicted octanol–water partition coefficient (Wildman–Crippen LogP) is 3.01. The number of nitrogens with zero attached hydrogens (tertiary/aromatic N) is 1. The highest BCUT2D eigenvalue weighted by molar-refractivity contribution is 7.92. The van der Waals surface area contributed by atoms with Gasteiger partial charge in [-0.2, -0.15) is 13.2 Å². The van der Waals surface area contributed by atoms with E-state index in [-0.39, 0.29) is 10.1 Å². The molecule has 0 bridgehead atoms. The Hall–Kier alpha value is -1.88. The molecule has 0 fully saturated rings. The second-order valence-electron chi connectivity index (χ2n) is 4.26. The first-order valence-corrected chi connectivity index (χ1v) is 8.56. The van der Waals surface area contributed by atoms with Crippen molar-refractivity contribution in [3.8, 4) is 11.6 Å². The second kappa shape index (κ2) is 6.71. The minimum absolute atomic E-state index is 0.0803. The monoisotopic (exact) mass is 371 g/mol. The third-order valence-electron chi connectivity index (χ3n) is 2.56. The van der Waals surface area contributed by atoms with Crippen LogP contribution in [0, 0.1) is 11.6 Å². The molecule has 2 aromatic rings. The molecule has 1 aromatic carbocycles. The number of hydrogen-bond acceptors (Lipinski definition) is 6. The molecule has 0 aliphatic carbocycles. The van der Waals surface area contributed by atoms with Crippen LogP contribution in [0.5, 0.6) is 11.6 Å². The van der Waals surface area contributed by atoms with Gasteiger partial charge in [-0.25, -0.2) is 17.2 Å². The molecule has 0 amide bonds. The van der Waals surface area contributed by atoms with E-state index in [9.17, 15) is 26.0 Å². The number of ether oxygens (including phenoxy) is 2. The zero-order valence-corrected chi connectivity index (χ0v) is 13.1. The number of benzene rings is 1. The lowest BCUT2D eigenvalue weighted by atomic mass is 10.2. The number of halogens is 4. The summed E-state index contributed by atoms with van der Waals surface area (Å²) in [6.07, 6.45) is 0.967. The maximum absolute atomic E-state index is 13.9. The lowest BCUT2D eigenvalue weighted by Gasteiger charge is -2.10. The Bertz CT molecular complexity index is 807. The molecule has 0 atom stereocenters. The van der Waals surface area contributed by atoms with Gasteiger partial charge in [-0.05, 0) is 23.7 Å². The number of alkyl halides is 2. The smallest absolute Gasteiger partial charge is 0.387 e. The maximum atomic E-state index is 13.9. The summed E-state index contributed by atoms with van der Waals surface area (Å²) >= 11 is 0.637. The van der Waals surface area contributed by atoms with Gasteiger partial charge in [0.2, 0.25) is 5.88 Å². The predicted molar refractivity (Wildman–Crippen MR) is 72.5 cm³/mol. The second-order valence-corrected chi connectivity index (χ2v) is 7.31. The van der Waals surface area contributed by atoms with Crippen molar-refractivity contribution in [2.45, 2.75) is 17.4 Å². The first-order chi connectivity index (χ1) is 10.7. The summed E-state index contributed by atoms with van der Waals surface area (Å²) in [5, 5.41) is 0. The fourth-order valence-corrected chi connectivity index (χ4v) is 2.93. The van der Waals surface area contributed by atoms with E-state index in [4.69, 9.17) is 4.74 Å². The Morgan fingerprint density at radius 1 is 1.30 bits per heavy atom. The van der Waals surface area contributed by atoms with Crippen LogP contribution in [0.4, 0.5) is 17.6 Å². The van der Waals surface area contributed by atoms with E-state index >= 15 is 0 Å². The Labute approximate surface area is 132 Å². The topological polar surface area (TPSA) is 65.5 Å². The minimum atomic E-state index is -3.48. The number of sulfone groups is 1. The van der Waals surface area contributed by atoms with Gasteiger partial charge in [-0.1, -0.05) is 0 Å². The molecule has 2 rings (SSSR count). The molecule has 0 aliphatic heterocycles. The highest BCUT2D eigenvalue weighted by Gasteiger charge is 2.19. The Morgan fingerprint density at radius 3 is 2.57 bits per heavy atom. The summed E-state index contributed by atoms with van der Waals surface area (Å²) in [6.45, 7) is -3.94. The first-order valence-electron chi connectivity index (χ1n) is 5.89. The molecule has 0 saturated carbocycles. The quantitative estimate of drug-likeness (QED) is 0.731. The van der Waals surface area contributed by atoms with Gasteiger partial charge >= 0.3 is 6.61 Å². The Balaban J connectivity index is 2.18. The molecular weight excluding hydrogens is 362 g/mol. The zero-order valence-electron chi connectivity index (χ0n) is 11.4. The number of hydrogen-bond donors (Lipinski definition) is 0. The zero-order chi connectivity index (χ0) is 17.2. The molecule has 11 heteroatoms. The van der Waals surface area contributed by atoms with Gasteiger partial charge in [-0.3, -0.25) is 0 Å². The van der Waals surface area contributed by atoms with Gasteiger partial charge in [-0.15, -0.1) is 0 Å². The average molecular weight is 371 g/mol. The van der Waals surface area contributed by atoms with Gasteiger partial charge in [0.05, 0.1) is 5.56 Å². The average Bonchev–Trinajstić information content (AvgIpc) is 2.90. The summed E-state index contributed by atoms with van der Waals surface area (Å²) < 4.78 is 86.8. The van der Waals surface area contributed by atoms with E-state index in [1.807, 2.05) is 0 Å². The fourth-order valence-electron chi connectivity index (χ4n) is 1.53. The first kappa shape index (κ1) is 17.5. The molecule has 1 heterocycles. The molecule has 1 aromatic heterocycles. The van der Waals surface area contributed by atoms with Gasteiger partial charge in [0, 0.05) is 12.3 Å². The van der Waals surface area contributed by atoms with Gasteiger partial charge < -0.3 is 9.47 Å². The Morgan fingerprint density at radius 2 is 2.00 bits per heavy atom. The molecule has 0 radical (unpaired) electrons. The highest BCUT2D eigenvalue weighted by atomic mass is 32.2. The third-order valence-corrected chi connectivity index (χ3v) is 5.11. The van der Waals surface area contributed by atoms with E-state index in [1.54, 1.807) is 0 Å². The van der Waals surface area contributed by atoms with E-state index in [0.29, 0.717) is 11.5 Å². The maximum Gasteiger partial charge on any atom is 0.387 e. The largest absolute Gasteiger partial charge is 0.472 e. The van der Waals surface area contributed by atoms with Crippen molar-refractivity contribution in [3.05, 3.63) is 35.4 Å². The van der Waals surface area contributed by atoms with Crippen LogP contribution in [0.2, 0.25) is 0 Å². The van der Waals surface area contributed by atoms with Crippen molar-refractivity contribution in [1.29, 1.82) is 0 Å². The summed E-state index contributed by atoms with van der Waals surface area (Å²) in [7, 11) is -3.48. The van der Waals surface area contributed by atoms with Crippen LogP contribution in [0.1, 0.15) is 5.56 Å². The normalized spacial score (nSPS) is 11.7. The van der Waals surface area contributed by atoms with Gasteiger partial charge in [0.1, 0.15) is 16.6 Å². The van der Waals surface area contributed by atoms with Gasteiger partial charge in [0.15, 0.2) is 21.4 Å². The SMILES string of the molecule is CS(=O)(=O)c1cc(OCc2c(F)ccc(OC(F)F)c2F)ns1. The number of rotatable bonds is 6. The summed E-state index contributed by atoms with van der Waals surface area (Å²) in [5.41, 5.74) is -0.642. The van der Waals surface area contributed by atoms with Crippen molar-refractivity contribution < 1.29 is 35.5 Å². The lowest BCUT2D eigenvalue weighted by molar-refractivity contribution is -0.0524. The molecule has 5 nitrogen and oxygen atoms in total. The molecule has 0 saturated heterocycles. The van der Waals surface area contributed by atoms with E-state index in [0.717, 1.165) is 24.5 Å².